The van der Waals surface area contributed by atoms with Crippen LogP contribution >= 0.6 is 11.6 Å². The molecule has 1 aromatic heterocycles. The average Bonchev–Trinajstić information content (AvgIpc) is 3.12. The first kappa shape index (κ1) is 19.5. The van der Waals surface area contributed by atoms with Gasteiger partial charge >= 0.3 is 0 Å². The fourth-order valence-electron chi connectivity index (χ4n) is 3.71. The van der Waals surface area contributed by atoms with Crippen LogP contribution < -0.4 is 4.74 Å². The number of benzene rings is 3. The minimum Gasteiger partial charge on any atom is -0.497 e. The maximum atomic E-state index is 6.46. The summed E-state index contributed by atoms with van der Waals surface area (Å²) in [5.41, 5.74) is 6.68. The lowest BCUT2D eigenvalue weighted by molar-refractivity contribution is 0.415. The molecule has 0 aliphatic rings. The summed E-state index contributed by atoms with van der Waals surface area (Å²) < 4.78 is 5.34. The number of nitrogens with one attached hydrogen (secondary N) is 1. The Labute approximate surface area is 176 Å². The van der Waals surface area contributed by atoms with Crippen molar-refractivity contribution in [1.82, 2.24) is 9.97 Å². The van der Waals surface area contributed by atoms with E-state index in [1.165, 1.54) is 11.1 Å². The van der Waals surface area contributed by atoms with Gasteiger partial charge in [0.05, 0.1) is 18.1 Å². The zero-order valence-electron chi connectivity index (χ0n) is 17.0. The van der Waals surface area contributed by atoms with Gasteiger partial charge in [0.2, 0.25) is 0 Å². The summed E-state index contributed by atoms with van der Waals surface area (Å²) in [6, 6.07) is 20.6. The zero-order chi connectivity index (χ0) is 20.4. The van der Waals surface area contributed by atoms with Gasteiger partial charge in [-0.2, -0.15) is 0 Å². The third-order valence-electron chi connectivity index (χ3n) is 5.10. The predicted molar refractivity (Wildman–Crippen MR) is 121 cm³/mol. The van der Waals surface area contributed by atoms with Crippen molar-refractivity contribution in [2.45, 2.75) is 26.7 Å². The molecule has 4 rings (SSSR count). The number of rotatable bonds is 6. The third kappa shape index (κ3) is 4.30. The molecule has 0 fully saturated rings. The first-order valence-corrected chi connectivity index (χ1v) is 10.3. The summed E-state index contributed by atoms with van der Waals surface area (Å²) in [5.74, 6) is 2.28. The lowest BCUT2D eigenvalue weighted by Gasteiger charge is -2.13. The standard InChI is InChI=1S/C25H25ClN2O/c1-16(2)12-17-8-10-21(19(13-17)14-18-6-4-5-7-22(18)26)25-27-23-11-9-20(29-3)15-24(23)28-25/h4-11,13,15-16H,12,14H2,1-3H3,(H,27,28). The molecule has 1 heterocycles. The molecule has 3 aromatic carbocycles. The van der Waals surface area contributed by atoms with Crippen molar-refractivity contribution in [3.63, 3.8) is 0 Å². The fourth-order valence-corrected chi connectivity index (χ4v) is 3.91. The molecule has 1 N–H and O–H groups in total. The van der Waals surface area contributed by atoms with Gasteiger partial charge in [0.1, 0.15) is 11.6 Å². The SMILES string of the molecule is COc1ccc2[nH]c(-c3ccc(CC(C)C)cc3Cc3ccccc3Cl)nc2c1. The first-order chi connectivity index (χ1) is 14.0. The van der Waals surface area contributed by atoms with Crippen molar-refractivity contribution >= 4 is 22.6 Å². The summed E-state index contributed by atoms with van der Waals surface area (Å²) in [7, 11) is 1.67. The Hall–Kier alpha value is -2.78. The Kier molecular flexibility index (Phi) is 5.59. The molecule has 4 aromatic rings. The van der Waals surface area contributed by atoms with E-state index in [2.05, 4.69) is 43.1 Å². The second kappa shape index (κ2) is 8.30. The summed E-state index contributed by atoms with van der Waals surface area (Å²) in [6.45, 7) is 4.49. The highest BCUT2D eigenvalue weighted by atomic mass is 35.5. The molecular weight excluding hydrogens is 380 g/mol. The van der Waals surface area contributed by atoms with Crippen LogP contribution in [0.3, 0.4) is 0 Å². The van der Waals surface area contributed by atoms with E-state index in [9.17, 15) is 0 Å². The summed E-state index contributed by atoms with van der Waals surface area (Å²) in [6.07, 6.45) is 1.81. The van der Waals surface area contributed by atoms with Crippen LogP contribution in [0.25, 0.3) is 22.4 Å². The summed E-state index contributed by atoms with van der Waals surface area (Å²) in [5, 5.41) is 0.794. The van der Waals surface area contributed by atoms with Crippen molar-refractivity contribution in [1.29, 1.82) is 0 Å². The number of fused-ring (bicyclic) bond motifs is 1. The van der Waals surface area contributed by atoms with Gasteiger partial charge in [0, 0.05) is 16.7 Å². The second-order valence-electron chi connectivity index (χ2n) is 7.83. The number of ether oxygens (including phenoxy) is 1. The predicted octanol–water partition coefficient (Wildman–Crippen LogP) is 6.68. The highest BCUT2D eigenvalue weighted by molar-refractivity contribution is 6.31. The van der Waals surface area contributed by atoms with Crippen molar-refractivity contribution in [3.8, 4) is 17.1 Å². The second-order valence-corrected chi connectivity index (χ2v) is 8.23. The average molecular weight is 405 g/mol. The Morgan fingerprint density at radius 3 is 2.59 bits per heavy atom. The van der Waals surface area contributed by atoms with Gasteiger partial charge in [-0.15, -0.1) is 0 Å². The van der Waals surface area contributed by atoms with Crippen molar-refractivity contribution in [3.05, 3.63) is 82.4 Å². The molecule has 0 aliphatic carbocycles. The number of methoxy groups -OCH3 is 1. The lowest BCUT2D eigenvalue weighted by atomic mass is 9.94. The molecule has 0 unspecified atom stereocenters. The molecule has 0 saturated heterocycles. The van der Waals surface area contributed by atoms with E-state index in [0.29, 0.717) is 5.92 Å². The van der Waals surface area contributed by atoms with E-state index in [1.807, 2.05) is 36.4 Å². The number of aromatic nitrogens is 2. The number of imidazole rings is 1. The third-order valence-corrected chi connectivity index (χ3v) is 5.47. The van der Waals surface area contributed by atoms with E-state index in [-0.39, 0.29) is 0 Å². The molecule has 0 bridgehead atoms. The molecule has 29 heavy (non-hydrogen) atoms. The van der Waals surface area contributed by atoms with Crippen LogP contribution in [-0.4, -0.2) is 17.1 Å². The molecule has 0 saturated carbocycles. The van der Waals surface area contributed by atoms with Crippen LogP contribution in [0.1, 0.15) is 30.5 Å². The maximum Gasteiger partial charge on any atom is 0.138 e. The molecule has 4 heteroatoms. The van der Waals surface area contributed by atoms with E-state index in [4.69, 9.17) is 21.3 Å². The van der Waals surface area contributed by atoms with Crippen molar-refractivity contribution in [2.24, 2.45) is 5.92 Å². The van der Waals surface area contributed by atoms with E-state index < -0.39 is 0 Å². The highest BCUT2D eigenvalue weighted by Crippen LogP contribution is 2.30. The fraction of sp³-hybridized carbons (Fsp3) is 0.240. The normalized spacial score (nSPS) is 11.3. The van der Waals surface area contributed by atoms with Crippen molar-refractivity contribution in [2.75, 3.05) is 7.11 Å². The molecule has 0 aliphatic heterocycles. The molecule has 0 amide bonds. The van der Waals surface area contributed by atoms with Gasteiger partial charge < -0.3 is 9.72 Å². The summed E-state index contributed by atoms with van der Waals surface area (Å²) in [4.78, 5) is 8.30. The number of hydrogen-bond donors (Lipinski definition) is 1. The monoisotopic (exact) mass is 404 g/mol. The molecule has 3 nitrogen and oxygen atoms in total. The number of H-pyrrole nitrogens is 1. The Balaban J connectivity index is 1.80. The van der Waals surface area contributed by atoms with Crippen LogP contribution in [0, 0.1) is 5.92 Å². The van der Waals surface area contributed by atoms with Gasteiger partial charge in [0.25, 0.3) is 0 Å². The van der Waals surface area contributed by atoms with Gasteiger partial charge in [-0.25, -0.2) is 4.98 Å². The minimum absolute atomic E-state index is 0.604. The Morgan fingerprint density at radius 2 is 1.83 bits per heavy atom. The number of halogens is 1. The van der Waals surface area contributed by atoms with E-state index in [1.54, 1.807) is 7.11 Å². The van der Waals surface area contributed by atoms with Gasteiger partial charge in [-0.1, -0.05) is 61.8 Å². The number of aromatic amines is 1. The van der Waals surface area contributed by atoms with Crippen LogP contribution in [0.2, 0.25) is 5.02 Å². The van der Waals surface area contributed by atoms with Crippen LogP contribution in [0.15, 0.2) is 60.7 Å². The molecular formula is C25H25ClN2O. The largest absolute Gasteiger partial charge is 0.497 e. The van der Waals surface area contributed by atoms with Crippen LogP contribution in [0.5, 0.6) is 5.75 Å². The number of nitrogens with zero attached hydrogens (tertiary/aromatic N) is 1. The molecule has 0 spiro atoms. The summed E-state index contributed by atoms with van der Waals surface area (Å²) >= 11 is 6.46. The van der Waals surface area contributed by atoms with Gasteiger partial charge in [-0.05, 0) is 53.6 Å². The number of hydrogen-bond acceptors (Lipinski definition) is 2. The quantitative estimate of drug-likeness (QED) is 0.389. The molecule has 0 radical (unpaired) electrons. The highest BCUT2D eigenvalue weighted by Gasteiger charge is 2.14. The molecule has 0 atom stereocenters. The van der Waals surface area contributed by atoms with Crippen LogP contribution in [0.4, 0.5) is 0 Å². The van der Waals surface area contributed by atoms with Gasteiger partial charge in [0.15, 0.2) is 0 Å². The molecule has 148 valence electrons. The van der Waals surface area contributed by atoms with Gasteiger partial charge in [-0.3, -0.25) is 0 Å². The Bertz CT molecular complexity index is 1150. The topological polar surface area (TPSA) is 37.9 Å². The lowest BCUT2D eigenvalue weighted by Crippen LogP contribution is -1.99. The first-order valence-electron chi connectivity index (χ1n) is 9.93. The van der Waals surface area contributed by atoms with Crippen LogP contribution in [-0.2, 0) is 12.8 Å². The minimum atomic E-state index is 0.604. The Morgan fingerprint density at radius 1 is 1.00 bits per heavy atom. The maximum absolute atomic E-state index is 6.46. The van der Waals surface area contributed by atoms with E-state index >= 15 is 0 Å². The van der Waals surface area contributed by atoms with E-state index in [0.717, 1.165) is 51.6 Å². The zero-order valence-corrected chi connectivity index (χ0v) is 17.8. The van der Waals surface area contributed by atoms with Crippen molar-refractivity contribution < 1.29 is 4.74 Å². The smallest absolute Gasteiger partial charge is 0.138 e.